The fourth-order valence-electron chi connectivity index (χ4n) is 1.85. The molecule has 0 aromatic heterocycles. The topological polar surface area (TPSA) is 35.8 Å². The van der Waals surface area contributed by atoms with Gasteiger partial charge in [-0.2, -0.15) is 5.26 Å². The molecular formula is C14H20N2. The third-order valence-electron chi connectivity index (χ3n) is 2.99. The summed E-state index contributed by atoms with van der Waals surface area (Å²) in [4.78, 5) is 0. The van der Waals surface area contributed by atoms with E-state index in [4.69, 9.17) is 5.26 Å². The molecular weight excluding hydrogens is 196 g/mol. The molecule has 1 unspecified atom stereocenters. The largest absolute Gasteiger partial charge is 0.307 e. The normalized spacial score (nSPS) is 12.4. The maximum absolute atomic E-state index is 8.85. The van der Waals surface area contributed by atoms with Crippen LogP contribution in [0.25, 0.3) is 0 Å². The molecule has 1 atom stereocenters. The molecule has 0 fully saturated rings. The van der Waals surface area contributed by atoms with Crippen LogP contribution in [0.4, 0.5) is 0 Å². The fraction of sp³-hybridized carbons (Fsp3) is 0.500. The van der Waals surface area contributed by atoms with Gasteiger partial charge in [0.25, 0.3) is 0 Å². The van der Waals surface area contributed by atoms with Gasteiger partial charge in [0, 0.05) is 12.1 Å². The summed E-state index contributed by atoms with van der Waals surface area (Å²) in [5.41, 5.74) is 1.92. The van der Waals surface area contributed by atoms with Crippen LogP contribution in [0, 0.1) is 11.3 Å². The lowest BCUT2D eigenvalue weighted by atomic mass is 10.0. The van der Waals surface area contributed by atoms with Gasteiger partial charge in [0.2, 0.25) is 0 Å². The van der Waals surface area contributed by atoms with E-state index in [0.29, 0.717) is 12.1 Å². The Morgan fingerprint density at radius 2 is 2.00 bits per heavy atom. The zero-order valence-electron chi connectivity index (χ0n) is 10.3. The molecule has 1 aromatic rings. The van der Waals surface area contributed by atoms with E-state index in [1.54, 1.807) is 0 Å². The lowest BCUT2D eigenvalue weighted by Gasteiger charge is -2.21. The molecule has 1 N–H and O–H groups in total. The van der Waals surface area contributed by atoms with Gasteiger partial charge in [0.1, 0.15) is 0 Å². The van der Waals surface area contributed by atoms with Crippen molar-refractivity contribution < 1.29 is 0 Å². The molecule has 16 heavy (non-hydrogen) atoms. The summed E-state index contributed by atoms with van der Waals surface area (Å²) in [5.74, 6) is 0. The summed E-state index contributed by atoms with van der Waals surface area (Å²) in [6.07, 6.45) is 2.28. The minimum atomic E-state index is 0.304. The predicted octanol–water partition coefficient (Wildman–Crippen LogP) is 3.40. The molecule has 0 spiro atoms. The lowest BCUT2D eigenvalue weighted by Crippen LogP contribution is -2.30. The van der Waals surface area contributed by atoms with E-state index in [1.807, 2.05) is 18.2 Å². The number of hydrogen-bond donors (Lipinski definition) is 1. The molecule has 0 aliphatic rings. The van der Waals surface area contributed by atoms with Crippen LogP contribution in [0.15, 0.2) is 24.3 Å². The molecule has 0 saturated carbocycles. The number of nitrogens with zero attached hydrogens (tertiary/aromatic N) is 1. The number of hydrogen-bond acceptors (Lipinski definition) is 2. The Labute approximate surface area is 98.3 Å². The Balaban J connectivity index is 2.72. The van der Waals surface area contributed by atoms with E-state index in [9.17, 15) is 0 Å². The zero-order chi connectivity index (χ0) is 12.0. The summed E-state index contributed by atoms with van der Waals surface area (Å²) >= 11 is 0. The Hall–Kier alpha value is -1.33. The first-order valence-corrected chi connectivity index (χ1v) is 5.97. The smallest absolute Gasteiger partial charge is 0.0991 e. The van der Waals surface area contributed by atoms with Gasteiger partial charge in [-0.3, -0.25) is 0 Å². The number of nitrogens with one attached hydrogen (secondary N) is 1. The van der Waals surface area contributed by atoms with Crippen LogP contribution in [0.5, 0.6) is 0 Å². The average Bonchev–Trinajstić information content (AvgIpc) is 2.35. The molecule has 0 aliphatic carbocycles. The van der Waals surface area contributed by atoms with Crippen LogP contribution in [0.1, 0.15) is 50.8 Å². The maximum Gasteiger partial charge on any atom is 0.0991 e. The van der Waals surface area contributed by atoms with E-state index in [2.05, 4.69) is 38.2 Å². The Morgan fingerprint density at radius 3 is 2.56 bits per heavy atom. The van der Waals surface area contributed by atoms with Gasteiger partial charge in [-0.25, -0.2) is 0 Å². The summed E-state index contributed by atoms with van der Waals surface area (Å²) < 4.78 is 0. The van der Waals surface area contributed by atoms with Crippen LogP contribution >= 0.6 is 0 Å². The zero-order valence-corrected chi connectivity index (χ0v) is 10.3. The molecule has 0 radical (unpaired) electrons. The van der Waals surface area contributed by atoms with Crippen molar-refractivity contribution in [1.82, 2.24) is 5.32 Å². The van der Waals surface area contributed by atoms with E-state index < -0.39 is 0 Å². The third-order valence-corrected chi connectivity index (χ3v) is 2.99. The van der Waals surface area contributed by atoms with Gasteiger partial charge in [-0.15, -0.1) is 0 Å². The van der Waals surface area contributed by atoms with Crippen molar-refractivity contribution in [3.63, 3.8) is 0 Å². The predicted molar refractivity (Wildman–Crippen MR) is 67.1 cm³/mol. The molecule has 0 aliphatic heterocycles. The second-order valence-electron chi connectivity index (χ2n) is 4.14. The second-order valence-corrected chi connectivity index (χ2v) is 4.14. The molecule has 2 heteroatoms. The Kier molecular flexibility index (Phi) is 5.01. The van der Waals surface area contributed by atoms with Crippen LogP contribution in [0.3, 0.4) is 0 Å². The van der Waals surface area contributed by atoms with Crippen molar-refractivity contribution >= 4 is 0 Å². The first-order chi connectivity index (χ1) is 7.71. The number of nitriles is 1. The van der Waals surface area contributed by atoms with Gasteiger partial charge in [-0.1, -0.05) is 26.0 Å². The molecule has 1 aromatic carbocycles. The van der Waals surface area contributed by atoms with Crippen molar-refractivity contribution in [2.24, 2.45) is 0 Å². The minimum Gasteiger partial charge on any atom is -0.307 e. The fourth-order valence-corrected chi connectivity index (χ4v) is 1.85. The van der Waals surface area contributed by atoms with Crippen LogP contribution in [-0.2, 0) is 0 Å². The molecule has 0 amide bonds. The maximum atomic E-state index is 8.85. The number of rotatable bonds is 5. The van der Waals surface area contributed by atoms with Gasteiger partial charge >= 0.3 is 0 Å². The molecule has 2 nitrogen and oxygen atoms in total. The highest BCUT2D eigenvalue weighted by atomic mass is 14.9. The molecule has 86 valence electrons. The first-order valence-electron chi connectivity index (χ1n) is 5.97. The quantitative estimate of drug-likeness (QED) is 0.818. The van der Waals surface area contributed by atoms with Crippen molar-refractivity contribution in [3.8, 4) is 6.07 Å². The molecule has 0 bridgehead atoms. The highest BCUT2D eigenvalue weighted by molar-refractivity contribution is 5.34. The molecule has 0 saturated heterocycles. The lowest BCUT2D eigenvalue weighted by molar-refractivity contribution is 0.432. The van der Waals surface area contributed by atoms with Gasteiger partial charge < -0.3 is 5.32 Å². The van der Waals surface area contributed by atoms with E-state index in [-0.39, 0.29) is 0 Å². The van der Waals surface area contributed by atoms with Crippen molar-refractivity contribution in [2.45, 2.75) is 45.7 Å². The van der Waals surface area contributed by atoms with Crippen molar-refractivity contribution in [3.05, 3.63) is 35.4 Å². The third kappa shape index (κ3) is 3.36. The number of benzene rings is 1. The summed E-state index contributed by atoms with van der Waals surface area (Å²) in [6, 6.07) is 10.8. The van der Waals surface area contributed by atoms with Gasteiger partial charge in [-0.05, 0) is 37.5 Å². The molecule has 1 rings (SSSR count). The van der Waals surface area contributed by atoms with Crippen molar-refractivity contribution in [2.75, 3.05) is 0 Å². The van der Waals surface area contributed by atoms with Crippen LogP contribution < -0.4 is 5.32 Å². The Bertz CT molecular complexity index is 361. The van der Waals surface area contributed by atoms with E-state index in [0.717, 1.165) is 18.4 Å². The van der Waals surface area contributed by atoms with Crippen molar-refractivity contribution in [1.29, 1.82) is 5.26 Å². The standard InChI is InChI=1S/C14H20N2/c1-4-14(5-2)16-11(3)13-8-6-7-12(9-13)10-15/h6-9,11,14,16H,4-5H2,1-3H3. The summed E-state index contributed by atoms with van der Waals surface area (Å²) in [6.45, 7) is 6.54. The van der Waals surface area contributed by atoms with E-state index >= 15 is 0 Å². The second kappa shape index (κ2) is 6.30. The van der Waals surface area contributed by atoms with Crippen LogP contribution in [-0.4, -0.2) is 6.04 Å². The summed E-state index contributed by atoms with van der Waals surface area (Å²) in [5, 5.41) is 12.4. The monoisotopic (exact) mass is 216 g/mol. The highest BCUT2D eigenvalue weighted by Gasteiger charge is 2.10. The van der Waals surface area contributed by atoms with Gasteiger partial charge in [0.05, 0.1) is 11.6 Å². The molecule has 0 heterocycles. The minimum absolute atomic E-state index is 0.304. The summed E-state index contributed by atoms with van der Waals surface area (Å²) in [7, 11) is 0. The van der Waals surface area contributed by atoms with Crippen LogP contribution in [0.2, 0.25) is 0 Å². The first kappa shape index (κ1) is 12.7. The Morgan fingerprint density at radius 1 is 1.31 bits per heavy atom. The SMILES string of the molecule is CCC(CC)NC(C)c1cccc(C#N)c1. The van der Waals surface area contributed by atoms with E-state index in [1.165, 1.54) is 5.56 Å². The highest BCUT2D eigenvalue weighted by Crippen LogP contribution is 2.15. The van der Waals surface area contributed by atoms with Gasteiger partial charge in [0.15, 0.2) is 0 Å². The average molecular weight is 216 g/mol.